The first-order chi connectivity index (χ1) is 13.5. The third-order valence-electron chi connectivity index (χ3n) is 4.75. The lowest BCUT2D eigenvalue weighted by molar-refractivity contribution is 0.0303. The van der Waals surface area contributed by atoms with E-state index in [9.17, 15) is 9.59 Å². The average Bonchev–Trinajstić information content (AvgIpc) is 3.11. The fourth-order valence-electron chi connectivity index (χ4n) is 3.32. The highest BCUT2D eigenvalue weighted by Gasteiger charge is 2.23. The summed E-state index contributed by atoms with van der Waals surface area (Å²) in [5, 5.41) is 4.01. The van der Waals surface area contributed by atoms with Crippen molar-refractivity contribution >= 4 is 52.5 Å². The van der Waals surface area contributed by atoms with Crippen LogP contribution in [-0.2, 0) is 11.8 Å². The molecule has 9 heteroatoms. The Morgan fingerprint density at radius 2 is 1.97 bits per heavy atom. The second-order valence-corrected chi connectivity index (χ2v) is 7.01. The van der Waals surface area contributed by atoms with Gasteiger partial charge in [-0.2, -0.15) is 0 Å². The average molecular weight is 435 g/mol. The van der Waals surface area contributed by atoms with Crippen molar-refractivity contribution in [3.63, 3.8) is 0 Å². The van der Waals surface area contributed by atoms with Crippen molar-refractivity contribution in [1.82, 2.24) is 14.5 Å². The second kappa shape index (κ2) is 8.82. The van der Waals surface area contributed by atoms with Crippen molar-refractivity contribution in [2.24, 2.45) is 7.05 Å². The number of aromatic nitrogens is 2. The Morgan fingerprint density at radius 1 is 1.21 bits per heavy atom. The maximum Gasteiger partial charge on any atom is 0.257 e. The van der Waals surface area contributed by atoms with E-state index in [4.69, 9.17) is 16.3 Å². The van der Waals surface area contributed by atoms with Gasteiger partial charge in [-0.1, -0.05) is 17.7 Å². The zero-order chi connectivity index (χ0) is 19.7. The number of carbonyl (C=O) groups excluding carboxylic acids is 2. The topological polar surface area (TPSA) is 76.5 Å². The van der Waals surface area contributed by atoms with Crippen LogP contribution >= 0.6 is 24.0 Å². The van der Waals surface area contributed by atoms with E-state index < -0.39 is 0 Å². The molecule has 1 aromatic carbocycles. The fraction of sp³-hybridized carbons (Fsp3) is 0.250. The van der Waals surface area contributed by atoms with E-state index in [-0.39, 0.29) is 24.2 Å². The summed E-state index contributed by atoms with van der Waals surface area (Å²) >= 11 is 5.97. The van der Waals surface area contributed by atoms with E-state index >= 15 is 0 Å². The standard InChI is InChI=1S/C20H19ClN4O3.ClH/c1-24-6-5-15-17(24)16(20(27)25-7-9-28-10-8-25)12-22-18(15)23-19(26)13-3-2-4-14(21)11-13;/h2-6,11-12H,7-10H2,1H3,(H,22,23,26);1H. The molecule has 0 bridgehead atoms. The Bertz CT molecular complexity index is 1060. The van der Waals surface area contributed by atoms with Crippen molar-refractivity contribution in [3.05, 3.63) is 58.9 Å². The van der Waals surface area contributed by atoms with Crippen LogP contribution in [0.25, 0.3) is 10.9 Å². The van der Waals surface area contributed by atoms with E-state index in [1.807, 2.05) is 23.9 Å². The summed E-state index contributed by atoms with van der Waals surface area (Å²) in [6.07, 6.45) is 3.37. The molecule has 0 saturated carbocycles. The minimum atomic E-state index is -0.313. The lowest BCUT2D eigenvalue weighted by Crippen LogP contribution is -2.40. The summed E-state index contributed by atoms with van der Waals surface area (Å²) in [4.78, 5) is 31.7. The number of ether oxygens (including phenoxy) is 1. The quantitative estimate of drug-likeness (QED) is 0.685. The van der Waals surface area contributed by atoms with E-state index in [0.29, 0.717) is 53.7 Å². The zero-order valence-corrected chi connectivity index (χ0v) is 17.3. The first kappa shape index (κ1) is 21.1. The molecule has 3 heterocycles. The van der Waals surface area contributed by atoms with Crippen molar-refractivity contribution in [3.8, 4) is 0 Å². The van der Waals surface area contributed by atoms with Crippen molar-refractivity contribution in [2.45, 2.75) is 0 Å². The number of hydrogen-bond acceptors (Lipinski definition) is 4. The third kappa shape index (κ3) is 4.22. The van der Waals surface area contributed by atoms with Gasteiger partial charge in [-0.15, -0.1) is 12.4 Å². The van der Waals surface area contributed by atoms with Crippen LogP contribution in [0.5, 0.6) is 0 Å². The molecule has 1 aliphatic rings. The summed E-state index contributed by atoms with van der Waals surface area (Å²) in [5.41, 5.74) is 1.67. The monoisotopic (exact) mass is 434 g/mol. The van der Waals surface area contributed by atoms with Gasteiger partial charge in [0.15, 0.2) is 0 Å². The lowest BCUT2D eigenvalue weighted by atomic mass is 10.1. The Labute approximate surface area is 179 Å². The number of pyridine rings is 1. The molecule has 1 aliphatic heterocycles. The van der Waals surface area contributed by atoms with E-state index in [1.165, 1.54) is 6.20 Å². The summed E-state index contributed by atoms with van der Waals surface area (Å²) in [6.45, 7) is 2.17. The van der Waals surface area contributed by atoms with Crippen LogP contribution in [-0.4, -0.2) is 52.6 Å². The number of rotatable bonds is 3. The predicted molar refractivity (Wildman–Crippen MR) is 114 cm³/mol. The van der Waals surface area contributed by atoms with Crippen LogP contribution in [0.4, 0.5) is 5.82 Å². The molecule has 1 fully saturated rings. The summed E-state index contributed by atoms with van der Waals surface area (Å²) in [6, 6.07) is 8.53. The Hall–Kier alpha value is -2.61. The normalized spacial score (nSPS) is 13.8. The van der Waals surface area contributed by atoms with Gasteiger partial charge >= 0.3 is 0 Å². The molecule has 1 saturated heterocycles. The van der Waals surface area contributed by atoms with Crippen molar-refractivity contribution in [2.75, 3.05) is 31.6 Å². The Morgan fingerprint density at radius 3 is 2.69 bits per heavy atom. The number of hydrogen-bond donors (Lipinski definition) is 1. The van der Waals surface area contributed by atoms with Gasteiger partial charge in [0, 0.05) is 48.5 Å². The first-order valence-corrected chi connectivity index (χ1v) is 9.30. The van der Waals surface area contributed by atoms with Gasteiger partial charge in [-0.3, -0.25) is 9.59 Å². The molecule has 4 rings (SSSR count). The molecule has 2 aromatic heterocycles. The minimum absolute atomic E-state index is 0. The van der Waals surface area contributed by atoms with Gasteiger partial charge in [0.2, 0.25) is 0 Å². The van der Waals surface area contributed by atoms with Gasteiger partial charge < -0.3 is 19.5 Å². The van der Waals surface area contributed by atoms with Gasteiger partial charge in [0.25, 0.3) is 11.8 Å². The molecule has 0 atom stereocenters. The number of aryl methyl sites for hydroxylation is 1. The first-order valence-electron chi connectivity index (χ1n) is 8.92. The molecular formula is C20H20Cl2N4O3. The number of amides is 2. The van der Waals surface area contributed by atoms with E-state index in [0.717, 1.165) is 5.52 Å². The van der Waals surface area contributed by atoms with Crippen LogP contribution < -0.4 is 5.32 Å². The summed E-state index contributed by atoms with van der Waals surface area (Å²) in [7, 11) is 1.86. The molecule has 1 N–H and O–H groups in total. The van der Waals surface area contributed by atoms with E-state index in [2.05, 4.69) is 10.3 Å². The van der Waals surface area contributed by atoms with Crippen LogP contribution in [0.3, 0.4) is 0 Å². The molecule has 152 valence electrons. The highest BCUT2D eigenvalue weighted by atomic mass is 35.5. The Balaban J connectivity index is 0.00000240. The summed E-state index contributed by atoms with van der Waals surface area (Å²) in [5.74, 6) is 0.00169. The van der Waals surface area contributed by atoms with Gasteiger partial charge in [-0.05, 0) is 24.3 Å². The minimum Gasteiger partial charge on any atom is -0.378 e. The lowest BCUT2D eigenvalue weighted by Gasteiger charge is -2.27. The van der Waals surface area contributed by atoms with Gasteiger partial charge in [0.05, 0.1) is 24.3 Å². The number of halogens is 2. The van der Waals surface area contributed by atoms with Crippen LogP contribution in [0.1, 0.15) is 20.7 Å². The summed E-state index contributed by atoms with van der Waals surface area (Å²) < 4.78 is 7.18. The number of carbonyl (C=O) groups is 2. The molecule has 2 amide bonds. The zero-order valence-electron chi connectivity index (χ0n) is 15.7. The van der Waals surface area contributed by atoms with Crippen molar-refractivity contribution < 1.29 is 14.3 Å². The Kier molecular flexibility index (Phi) is 6.42. The molecule has 29 heavy (non-hydrogen) atoms. The number of nitrogens with one attached hydrogen (secondary N) is 1. The molecule has 0 unspecified atom stereocenters. The van der Waals surface area contributed by atoms with Gasteiger partial charge in [0.1, 0.15) is 5.82 Å². The largest absolute Gasteiger partial charge is 0.378 e. The van der Waals surface area contributed by atoms with Crippen LogP contribution in [0, 0.1) is 0 Å². The fourth-order valence-corrected chi connectivity index (χ4v) is 3.51. The molecule has 0 aliphatic carbocycles. The molecule has 0 spiro atoms. The van der Waals surface area contributed by atoms with Gasteiger partial charge in [-0.25, -0.2) is 4.98 Å². The number of fused-ring (bicyclic) bond motifs is 1. The number of nitrogens with zero attached hydrogens (tertiary/aromatic N) is 3. The molecule has 0 radical (unpaired) electrons. The highest BCUT2D eigenvalue weighted by molar-refractivity contribution is 6.31. The van der Waals surface area contributed by atoms with E-state index in [1.54, 1.807) is 29.2 Å². The number of morpholine rings is 1. The molecular weight excluding hydrogens is 415 g/mol. The maximum absolute atomic E-state index is 13.0. The smallest absolute Gasteiger partial charge is 0.257 e. The van der Waals surface area contributed by atoms with Crippen molar-refractivity contribution in [1.29, 1.82) is 0 Å². The number of benzene rings is 1. The van der Waals surface area contributed by atoms with Crippen LogP contribution in [0.2, 0.25) is 5.02 Å². The molecule has 3 aromatic rings. The SMILES string of the molecule is Cl.Cn1ccc2c(NC(=O)c3cccc(Cl)c3)ncc(C(=O)N3CCOCC3)c21. The highest BCUT2D eigenvalue weighted by Crippen LogP contribution is 2.27. The van der Waals surface area contributed by atoms with Crippen LogP contribution in [0.15, 0.2) is 42.7 Å². The molecule has 7 nitrogen and oxygen atoms in total. The number of anilines is 1. The maximum atomic E-state index is 13.0. The predicted octanol–water partition coefficient (Wildman–Crippen LogP) is 3.37. The third-order valence-corrected chi connectivity index (χ3v) is 4.99. The second-order valence-electron chi connectivity index (χ2n) is 6.58.